The molecular weight excluding hydrogens is 270 g/mol. The van der Waals surface area contributed by atoms with Gasteiger partial charge in [0.25, 0.3) is 0 Å². The SMILES string of the molecule is CCNC(C)c1ccc(Oc2cc(C)ccc2Cl)cc1. The van der Waals surface area contributed by atoms with Crippen LogP contribution in [-0.4, -0.2) is 6.54 Å². The topological polar surface area (TPSA) is 21.3 Å². The van der Waals surface area contributed by atoms with E-state index < -0.39 is 0 Å². The Morgan fingerprint density at radius 2 is 1.85 bits per heavy atom. The molecule has 2 rings (SSSR count). The van der Waals surface area contributed by atoms with Crippen LogP contribution in [0.1, 0.15) is 31.0 Å². The Morgan fingerprint density at radius 3 is 2.50 bits per heavy atom. The molecule has 0 saturated heterocycles. The number of hydrogen-bond donors (Lipinski definition) is 1. The molecule has 2 aromatic carbocycles. The van der Waals surface area contributed by atoms with Crippen LogP contribution in [0.15, 0.2) is 42.5 Å². The van der Waals surface area contributed by atoms with Crippen molar-refractivity contribution in [3.8, 4) is 11.5 Å². The minimum Gasteiger partial charge on any atom is -0.456 e. The van der Waals surface area contributed by atoms with Crippen LogP contribution in [0.4, 0.5) is 0 Å². The van der Waals surface area contributed by atoms with E-state index in [1.807, 2.05) is 37.3 Å². The van der Waals surface area contributed by atoms with Gasteiger partial charge in [-0.1, -0.05) is 36.7 Å². The zero-order valence-electron chi connectivity index (χ0n) is 12.1. The Bertz CT molecular complexity index is 566. The van der Waals surface area contributed by atoms with E-state index in [2.05, 4.69) is 31.3 Å². The fourth-order valence-corrected chi connectivity index (χ4v) is 2.22. The second kappa shape index (κ2) is 6.78. The van der Waals surface area contributed by atoms with Gasteiger partial charge in [-0.3, -0.25) is 0 Å². The van der Waals surface area contributed by atoms with Crippen molar-refractivity contribution in [3.63, 3.8) is 0 Å². The van der Waals surface area contributed by atoms with Crippen LogP contribution in [0, 0.1) is 6.92 Å². The van der Waals surface area contributed by atoms with Gasteiger partial charge in [0.2, 0.25) is 0 Å². The van der Waals surface area contributed by atoms with Gasteiger partial charge in [-0.25, -0.2) is 0 Å². The minimum absolute atomic E-state index is 0.344. The Balaban J connectivity index is 2.12. The summed E-state index contributed by atoms with van der Waals surface area (Å²) >= 11 is 6.13. The van der Waals surface area contributed by atoms with Crippen molar-refractivity contribution < 1.29 is 4.74 Å². The number of aryl methyl sites for hydroxylation is 1. The molecule has 0 bridgehead atoms. The maximum Gasteiger partial charge on any atom is 0.146 e. The third-order valence-electron chi connectivity index (χ3n) is 3.20. The summed E-state index contributed by atoms with van der Waals surface area (Å²) < 4.78 is 5.83. The average Bonchev–Trinajstić information content (AvgIpc) is 2.44. The fraction of sp³-hybridized carbons (Fsp3) is 0.294. The molecule has 0 aliphatic rings. The molecule has 0 spiro atoms. The molecular formula is C17H20ClNO. The van der Waals surface area contributed by atoms with Crippen molar-refractivity contribution in [2.24, 2.45) is 0 Å². The first-order valence-electron chi connectivity index (χ1n) is 6.87. The van der Waals surface area contributed by atoms with Gasteiger partial charge < -0.3 is 10.1 Å². The van der Waals surface area contributed by atoms with Crippen LogP contribution in [0.25, 0.3) is 0 Å². The molecule has 0 aromatic heterocycles. The molecule has 0 amide bonds. The van der Waals surface area contributed by atoms with Crippen LogP contribution < -0.4 is 10.1 Å². The highest BCUT2D eigenvalue weighted by atomic mass is 35.5. The second-order valence-corrected chi connectivity index (χ2v) is 5.29. The van der Waals surface area contributed by atoms with Crippen molar-refractivity contribution in [1.82, 2.24) is 5.32 Å². The van der Waals surface area contributed by atoms with Crippen molar-refractivity contribution in [1.29, 1.82) is 0 Å². The lowest BCUT2D eigenvalue weighted by Crippen LogP contribution is -2.17. The van der Waals surface area contributed by atoms with Gasteiger partial charge in [0, 0.05) is 6.04 Å². The molecule has 1 atom stereocenters. The van der Waals surface area contributed by atoms with Gasteiger partial charge in [-0.15, -0.1) is 0 Å². The Hall–Kier alpha value is -1.51. The standard InChI is InChI=1S/C17H20ClNO/c1-4-19-13(3)14-6-8-15(9-7-14)20-17-11-12(2)5-10-16(17)18/h5-11,13,19H,4H2,1-3H3. The lowest BCUT2D eigenvalue weighted by atomic mass is 10.1. The summed E-state index contributed by atoms with van der Waals surface area (Å²) in [5.41, 5.74) is 2.37. The van der Waals surface area contributed by atoms with E-state index in [0.717, 1.165) is 17.9 Å². The van der Waals surface area contributed by atoms with Crippen molar-refractivity contribution in [2.45, 2.75) is 26.8 Å². The molecule has 1 N–H and O–H groups in total. The van der Waals surface area contributed by atoms with Crippen molar-refractivity contribution >= 4 is 11.6 Å². The summed E-state index contributed by atoms with van der Waals surface area (Å²) in [6, 6.07) is 14.2. The lowest BCUT2D eigenvalue weighted by molar-refractivity contribution is 0.481. The van der Waals surface area contributed by atoms with E-state index >= 15 is 0 Å². The zero-order chi connectivity index (χ0) is 14.5. The van der Waals surface area contributed by atoms with Crippen LogP contribution in [0.3, 0.4) is 0 Å². The van der Waals surface area contributed by atoms with Crippen LogP contribution >= 0.6 is 11.6 Å². The summed E-state index contributed by atoms with van der Waals surface area (Å²) in [4.78, 5) is 0. The van der Waals surface area contributed by atoms with Gasteiger partial charge in [-0.2, -0.15) is 0 Å². The maximum atomic E-state index is 6.13. The van der Waals surface area contributed by atoms with E-state index in [1.165, 1.54) is 5.56 Å². The number of benzene rings is 2. The highest BCUT2D eigenvalue weighted by Gasteiger charge is 2.06. The van der Waals surface area contributed by atoms with Crippen LogP contribution in [0.5, 0.6) is 11.5 Å². The maximum absolute atomic E-state index is 6.13. The highest BCUT2D eigenvalue weighted by Crippen LogP contribution is 2.30. The summed E-state index contributed by atoms with van der Waals surface area (Å²) in [6.07, 6.45) is 0. The summed E-state index contributed by atoms with van der Waals surface area (Å²) in [5.74, 6) is 1.49. The van der Waals surface area contributed by atoms with Gasteiger partial charge in [0.15, 0.2) is 0 Å². The molecule has 106 valence electrons. The normalized spacial score (nSPS) is 12.2. The molecule has 0 aliphatic heterocycles. The molecule has 0 aliphatic carbocycles. The van der Waals surface area contributed by atoms with E-state index in [4.69, 9.17) is 16.3 Å². The second-order valence-electron chi connectivity index (χ2n) is 4.88. The number of ether oxygens (including phenoxy) is 1. The Morgan fingerprint density at radius 1 is 1.15 bits per heavy atom. The Kier molecular flexibility index (Phi) is 5.05. The fourth-order valence-electron chi connectivity index (χ4n) is 2.06. The quantitative estimate of drug-likeness (QED) is 0.826. The van der Waals surface area contributed by atoms with Gasteiger partial charge >= 0.3 is 0 Å². The van der Waals surface area contributed by atoms with E-state index in [9.17, 15) is 0 Å². The minimum atomic E-state index is 0.344. The molecule has 1 unspecified atom stereocenters. The van der Waals surface area contributed by atoms with Gasteiger partial charge in [0.05, 0.1) is 5.02 Å². The summed E-state index contributed by atoms with van der Waals surface area (Å²) in [5, 5.41) is 4.01. The van der Waals surface area contributed by atoms with Crippen molar-refractivity contribution in [2.75, 3.05) is 6.54 Å². The number of hydrogen-bond acceptors (Lipinski definition) is 2. The third-order valence-corrected chi connectivity index (χ3v) is 3.52. The number of rotatable bonds is 5. The molecule has 0 fully saturated rings. The highest BCUT2D eigenvalue weighted by molar-refractivity contribution is 6.32. The monoisotopic (exact) mass is 289 g/mol. The van der Waals surface area contributed by atoms with E-state index in [-0.39, 0.29) is 0 Å². The predicted molar refractivity (Wildman–Crippen MR) is 84.8 cm³/mol. The summed E-state index contributed by atoms with van der Waals surface area (Å²) in [7, 11) is 0. The van der Waals surface area contributed by atoms with E-state index in [1.54, 1.807) is 0 Å². The van der Waals surface area contributed by atoms with Crippen LogP contribution in [-0.2, 0) is 0 Å². The molecule has 3 heteroatoms. The molecule has 20 heavy (non-hydrogen) atoms. The first-order valence-corrected chi connectivity index (χ1v) is 7.25. The lowest BCUT2D eigenvalue weighted by Gasteiger charge is -2.14. The smallest absolute Gasteiger partial charge is 0.146 e. The molecule has 2 nitrogen and oxygen atoms in total. The molecule has 0 heterocycles. The predicted octanol–water partition coefficient (Wildman–Crippen LogP) is 5.11. The van der Waals surface area contributed by atoms with E-state index in [0.29, 0.717) is 16.8 Å². The first-order chi connectivity index (χ1) is 9.60. The first kappa shape index (κ1) is 14.9. The summed E-state index contributed by atoms with van der Waals surface area (Å²) in [6.45, 7) is 7.23. The van der Waals surface area contributed by atoms with Gasteiger partial charge in [0.1, 0.15) is 11.5 Å². The van der Waals surface area contributed by atoms with Crippen molar-refractivity contribution in [3.05, 3.63) is 58.6 Å². The number of nitrogens with one attached hydrogen (secondary N) is 1. The molecule has 0 saturated carbocycles. The van der Waals surface area contributed by atoms with Gasteiger partial charge in [-0.05, 0) is 55.8 Å². The molecule has 0 radical (unpaired) electrons. The number of halogens is 1. The molecule has 2 aromatic rings. The average molecular weight is 290 g/mol. The largest absolute Gasteiger partial charge is 0.456 e. The van der Waals surface area contributed by atoms with Crippen LogP contribution in [0.2, 0.25) is 5.02 Å². The zero-order valence-corrected chi connectivity index (χ0v) is 12.9. The third kappa shape index (κ3) is 3.75. The Labute approximate surface area is 125 Å².